The Morgan fingerprint density at radius 1 is 1.42 bits per heavy atom. The van der Waals surface area contributed by atoms with Crippen LogP contribution in [0.1, 0.15) is 6.92 Å². The molecule has 0 fully saturated rings. The molecule has 0 aromatic heterocycles. The van der Waals surface area contributed by atoms with E-state index < -0.39 is 21.8 Å². The molecule has 0 aliphatic rings. The monoisotopic (exact) mass is 234 g/mol. The van der Waals surface area contributed by atoms with Gasteiger partial charge in [0.05, 0.1) is 0 Å². The summed E-state index contributed by atoms with van der Waals surface area (Å²) in [5.41, 5.74) is 0. The van der Waals surface area contributed by atoms with Crippen LogP contribution in [-0.4, -0.2) is 26.9 Å². The Morgan fingerprint density at radius 2 is 1.83 bits per heavy atom. The second-order valence-electron chi connectivity index (χ2n) is 1.87. The third-order valence-corrected chi connectivity index (χ3v) is 1.40. The first kappa shape index (κ1) is 11.8. The van der Waals surface area contributed by atoms with Gasteiger partial charge in [-0.3, -0.25) is 4.79 Å². The van der Waals surface area contributed by atoms with Crippen LogP contribution in [0.25, 0.3) is 0 Å². The fourth-order valence-corrected chi connectivity index (χ4v) is 0.837. The number of alkyl halides is 3. The summed E-state index contributed by atoms with van der Waals surface area (Å²) in [5.74, 6) is -2.33. The minimum atomic E-state index is -2.16. The number of esters is 1. The highest BCUT2D eigenvalue weighted by atomic mass is 35.6. The number of halogens is 3. The highest BCUT2D eigenvalue weighted by Crippen LogP contribution is 2.32. The smallest absolute Gasteiger partial charge is 0.349 e. The fraction of sp³-hybridized carbons (Fsp3) is 0.600. The maximum Gasteiger partial charge on any atom is 0.349 e. The Kier molecular flexibility index (Phi) is 4.10. The van der Waals surface area contributed by atoms with Crippen molar-refractivity contribution in [2.24, 2.45) is 0 Å². The second kappa shape index (κ2) is 4.16. The van der Waals surface area contributed by atoms with Crippen molar-refractivity contribution < 1.29 is 19.4 Å². The molecule has 0 saturated heterocycles. The molecule has 4 nitrogen and oxygen atoms in total. The molecule has 0 amide bonds. The summed E-state index contributed by atoms with van der Waals surface area (Å²) < 4.78 is 2.09. The molecule has 0 aliphatic heterocycles. The van der Waals surface area contributed by atoms with E-state index in [4.69, 9.17) is 39.9 Å². The normalized spacial score (nSPS) is 13.7. The topological polar surface area (TPSA) is 63.6 Å². The third-order valence-electron chi connectivity index (χ3n) is 0.805. The summed E-state index contributed by atoms with van der Waals surface area (Å²) in [7, 11) is 0. The first-order valence-electron chi connectivity index (χ1n) is 2.72. The van der Waals surface area contributed by atoms with Crippen molar-refractivity contribution in [1.82, 2.24) is 0 Å². The Bertz CT molecular complexity index is 197. The Labute approximate surface area is 83.3 Å². The van der Waals surface area contributed by atoms with Crippen LogP contribution in [0.3, 0.4) is 0 Å². The van der Waals surface area contributed by atoms with E-state index in [9.17, 15) is 9.59 Å². The Balaban J connectivity index is 4.46. The van der Waals surface area contributed by atoms with Crippen molar-refractivity contribution in [3.63, 3.8) is 0 Å². The maximum atomic E-state index is 10.4. The summed E-state index contributed by atoms with van der Waals surface area (Å²) in [6.07, 6.45) is -1.78. The van der Waals surface area contributed by atoms with Crippen molar-refractivity contribution >= 4 is 46.7 Å². The minimum Gasteiger partial charge on any atom is -0.478 e. The van der Waals surface area contributed by atoms with Crippen LogP contribution in [0, 0.1) is 0 Å². The van der Waals surface area contributed by atoms with Crippen LogP contribution in [0.5, 0.6) is 0 Å². The zero-order chi connectivity index (χ0) is 9.94. The van der Waals surface area contributed by atoms with Crippen LogP contribution in [-0.2, 0) is 14.3 Å². The Morgan fingerprint density at radius 3 is 1.92 bits per heavy atom. The molecule has 1 unspecified atom stereocenters. The van der Waals surface area contributed by atoms with E-state index in [-0.39, 0.29) is 0 Å². The van der Waals surface area contributed by atoms with Gasteiger partial charge in [0.2, 0.25) is 9.90 Å². The van der Waals surface area contributed by atoms with Gasteiger partial charge in [0.15, 0.2) is 0 Å². The quantitative estimate of drug-likeness (QED) is 0.580. The molecule has 1 N–H and O–H groups in total. The van der Waals surface area contributed by atoms with Crippen molar-refractivity contribution in [2.45, 2.75) is 16.8 Å². The maximum absolute atomic E-state index is 10.4. The lowest BCUT2D eigenvalue weighted by Gasteiger charge is -2.19. The molecular formula is C5H5Cl3O4. The molecule has 0 aliphatic carbocycles. The molecular weight excluding hydrogens is 230 g/mol. The van der Waals surface area contributed by atoms with E-state index in [0.29, 0.717) is 0 Å². The number of carboxylic acid groups (broad SMARTS) is 1. The summed E-state index contributed by atoms with van der Waals surface area (Å²) in [6, 6.07) is 0. The van der Waals surface area contributed by atoms with Gasteiger partial charge in [0.1, 0.15) is 0 Å². The van der Waals surface area contributed by atoms with Gasteiger partial charge >= 0.3 is 11.9 Å². The third kappa shape index (κ3) is 3.99. The first-order chi connectivity index (χ1) is 5.25. The van der Waals surface area contributed by atoms with Gasteiger partial charge in [-0.15, -0.1) is 0 Å². The summed E-state index contributed by atoms with van der Waals surface area (Å²) in [4.78, 5) is 20.7. The minimum absolute atomic E-state index is 0.825. The SMILES string of the molecule is CC(=O)OC(C(=O)O)C(Cl)(Cl)Cl. The molecule has 0 bridgehead atoms. The van der Waals surface area contributed by atoms with Crippen molar-refractivity contribution in [1.29, 1.82) is 0 Å². The summed E-state index contributed by atoms with van der Waals surface area (Å²) in [5, 5.41) is 8.43. The standard InChI is InChI=1S/C5H5Cl3O4/c1-2(9)12-3(4(10)11)5(6,7)8/h3H,1H3,(H,10,11). The predicted molar refractivity (Wildman–Crippen MR) is 43.5 cm³/mol. The molecule has 1 atom stereocenters. The number of carbonyl (C=O) groups excluding carboxylic acids is 1. The van der Waals surface area contributed by atoms with Crippen LogP contribution in [0.15, 0.2) is 0 Å². The number of hydrogen-bond donors (Lipinski definition) is 1. The van der Waals surface area contributed by atoms with Crippen LogP contribution >= 0.6 is 34.8 Å². The zero-order valence-corrected chi connectivity index (χ0v) is 8.15. The molecule has 0 radical (unpaired) electrons. The van der Waals surface area contributed by atoms with Gasteiger partial charge in [-0.05, 0) is 0 Å². The van der Waals surface area contributed by atoms with Crippen molar-refractivity contribution in [2.75, 3.05) is 0 Å². The second-order valence-corrected chi connectivity index (χ2v) is 4.24. The molecule has 7 heteroatoms. The number of rotatable bonds is 2. The number of ether oxygens (including phenoxy) is 1. The first-order valence-corrected chi connectivity index (χ1v) is 3.85. The average molecular weight is 235 g/mol. The van der Waals surface area contributed by atoms with Crippen molar-refractivity contribution in [3.8, 4) is 0 Å². The van der Waals surface area contributed by atoms with E-state index in [1.165, 1.54) is 0 Å². The van der Waals surface area contributed by atoms with Crippen LogP contribution < -0.4 is 0 Å². The molecule has 70 valence electrons. The van der Waals surface area contributed by atoms with Gasteiger partial charge < -0.3 is 9.84 Å². The molecule has 0 rings (SSSR count). The van der Waals surface area contributed by atoms with E-state index in [1.807, 2.05) is 0 Å². The van der Waals surface area contributed by atoms with E-state index in [0.717, 1.165) is 6.92 Å². The lowest BCUT2D eigenvalue weighted by atomic mass is 10.4. The lowest BCUT2D eigenvalue weighted by molar-refractivity contribution is -0.162. The summed E-state index contributed by atoms with van der Waals surface area (Å²) in [6.45, 7) is 1.02. The molecule has 0 aromatic carbocycles. The van der Waals surface area contributed by atoms with E-state index in [1.54, 1.807) is 0 Å². The van der Waals surface area contributed by atoms with Gasteiger partial charge in [0, 0.05) is 6.92 Å². The largest absolute Gasteiger partial charge is 0.478 e. The molecule has 0 saturated carbocycles. The fourth-order valence-electron chi connectivity index (χ4n) is 0.423. The van der Waals surface area contributed by atoms with E-state index in [2.05, 4.69) is 4.74 Å². The van der Waals surface area contributed by atoms with Gasteiger partial charge in [-0.2, -0.15) is 0 Å². The number of carboxylic acids is 1. The van der Waals surface area contributed by atoms with Gasteiger partial charge in [0.25, 0.3) is 0 Å². The predicted octanol–water partition coefficient (Wildman–Crippen LogP) is 1.37. The zero-order valence-electron chi connectivity index (χ0n) is 5.88. The van der Waals surface area contributed by atoms with Crippen LogP contribution in [0.4, 0.5) is 0 Å². The van der Waals surface area contributed by atoms with Crippen molar-refractivity contribution in [3.05, 3.63) is 0 Å². The molecule has 12 heavy (non-hydrogen) atoms. The summed E-state index contributed by atoms with van der Waals surface area (Å²) >= 11 is 15.6. The lowest BCUT2D eigenvalue weighted by Crippen LogP contribution is -2.37. The van der Waals surface area contributed by atoms with E-state index >= 15 is 0 Å². The number of aliphatic carboxylic acids is 1. The average Bonchev–Trinajstić information content (AvgIpc) is 1.79. The number of hydrogen-bond acceptors (Lipinski definition) is 3. The highest BCUT2D eigenvalue weighted by molar-refractivity contribution is 6.68. The van der Waals surface area contributed by atoms with Gasteiger partial charge in [-0.25, -0.2) is 4.79 Å². The van der Waals surface area contributed by atoms with Crippen LogP contribution in [0.2, 0.25) is 0 Å². The Hall–Kier alpha value is -0.190. The number of carbonyl (C=O) groups is 2. The van der Waals surface area contributed by atoms with Gasteiger partial charge in [-0.1, -0.05) is 34.8 Å². The molecule has 0 spiro atoms. The molecule has 0 aromatic rings. The highest BCUT2D eigenvalue weighted by Gasteiger charge is 2.41. The molecule has 0 heterocycles.